The highest BCUT2D eigenvalue weighted by Crippen LogP contribution is 2.34. The van der Waals surface area contributed by atoms with E-state index in [4.69, 9.17) is 9.84 Å². The molecule has 2 rings (SSSR count). The number of carbonyl (C=O) groups excluding carboxylic acids is 1. The van der Waals surface area contributed by atoms with Crippen LogP contribution in [0, 0.1) is 17.8 Å². The van der Waals surface area contributed by atoms with Gasteiger partial charge in [0.25, 0.3) is 0 Å². The fourth-order valence-electron chi connectivity index (χ4n) is 2.16. The molecule has 2 unspecified atom stereocenters. The second-order valence-corrected chi connectivity index (χ2v) is 5.29. The van der Waals surface area contributed by atoms with E-state index in [1.807, 2.05) is 0 Å². The molecule has 0 aromatic rings. The quantitative estimate of drug-likeness (QED) is 0.635. The Hall–Kier alpha value is -1.10. The molecule has 2 aliphatic rings. The van der Waals surface area contributed by atoms with E-state index in [9.17, 15) is 9.59 Å². The van der Waals surface area contributed by atoms with Crippen LogP contribution in [0.4, 0.5) is 0 Å². The average molecular weight is 255 g/mol. The minimum absolute atomic E-state index is 0.115. The molecule has 0 aliphatic heterocycles. The van der Waals surface area contributed by atoms with Gasteiger partial charge in [0.05, 0.1) is 11.8 Å². The van der Waals surface area contributed by atoms with Crippen molar-refractivity contribution < 1.29 is 19.4 Å². The lowest BCUT2D eigenvalue weighted by Crippen LogP contribution is -2.44. The predicted octanol–water partition coefficient (Wildman–Crippen LogP) is 1.03. The van der Waals surface area contributed by atoms with E-state index in [2.05, 4.69) is 5.32 Å². The minimum atomic E-state index is -0.853. The summed E-state index contributed by atoms with van der Waals surface area (Å²) in [6, 6.07) is 0. The van der Waals surface area contributed by atoms with Gasteiger partial charge in [-0.1, -0.05) is 0 Å². The van der Waals surface area contributed by atoms with Gasteiger partial charge in [0, 0.05) is 19.8 Å². The lowest BCUT2D eigenvalue weighted by atomic mass is 9.73. The normalized spacial score (nSPS) is 26.4. The Morgan fingerprint density at radius 1 is 1.17 bits per heavy atom. The lowest BCUT2D eigenvalue weighted by molar-refractivity contribution is -0.152. The molecule has 5 heteroatoms. The second-order valence-electron chi connectivity index (χ2n) is 5.29. The number of nitrogens with one attached hydrogen (secondary N) is 1. The zero-order valence-corrected chi connectivity index (χ0v) is 10.6. The lowest BCUT2D eigenvalue weighted by Gasteiger charge is -2.31. The Labute approximate surface area is 107 Å². The first-order chi connectivity index (χ1) is 8.68. The summed E-state index contributed by atoms with van der Waals surface area (Å²) in [5.74, 6) is -0.998. The first-order valence-electron chi connectivity index (χ1n) is 6.76. The molecule has 0 aromatic carbocycles. The molecule has 1 amide bonds. The topological polar surface area (TPSA) is 75.6 Å². The number of hydrogen-bond donors (Lipinski definition) is 2. The standard InChI is InChI=1S/C13H21NO4/c15-12(10-4-5-11(10)13(16)17)14-6-1-7-18-8-9-2-3-9/h9-11H,1-8H2,(H,14,15)(H,16,17). The summed E-state index contributed by atoms with van der Waals surface area (Å²) in [6.07, 6.45) is 4.69. The number of ether oxygens (including phenoxy) is 1. The van der Waals surface area contributed by atoms with Crippen LogP contribution in [0.1, 0.15) is 32.1 Å². The van der Waals surface area contributed by atoms with Gasteiger partial charge in [0.1, 0.15) is 0 Å². The smallest absolute Gasteiger partial charge is 0.307 e. The molecule has 0 aromatic heterocycles. The van der Waals surface area contributed by atoms with E-state index in [0.29, 0.717) is 26.0 Å². The van der Waals surface area contributed by atoms with E-state index < -0.39 is 11.9 Å². The third kappa shape index (κ3) is 3.70. The number of hydrogen-bond acceptors (Lipinski definition) is 3. The molecule has 102 valence electrons. The first kappa shape index (κ1) is 13.3. The SMILES string of the molecule is O=C(O)C1CCC1C(=O)NCCCOCC1CC1. The maximum absolute atomic E-state index is 11.7. The summed E-state index contributed by atoms with van der Waals surface area (Å²) in [7, 11) is 0. The molecular formula is C13H21NO4. The van der Waals surface area contributed by atoms with Gasteiger partial charge in [-0.3, -0.25) is 9.59 Å². The number of aliphatic carboxylic acids is 1. The van der Waals surface area contributed by atoms with E-state index in [1.165, 1.54) is 12.8 Å². The van der Waals surface area contributed by atoms with E-state index in [1.54, 1.807) is 0 Å². The summed E-state index contributed by atoms with van der Waals surface area (Å²) in [4.78, 5) is 22.5. The highest BCUT2D eigenvalue weighted by atomic mass is 16.5. The monoisotopic (exact) mass is 255 g/mol. The van der Waals surface area contributed by atoms with E-state index in [0.717, 1.165) is 18.9 Å². The Morgan fingerprint density at radius 3 is 2.44 bits per heavy atom. The molecule has 18 heavy (non-hydrogen) atoms. The van der Waals surface area contributed by atoms with Crippen LogP contribution >= 0.6 is 0 Å². The Kier molecular flexibility index (Phi) is 4.58. The van der Waals surface area contributed by atoms with Crippen molar-refractivity contribution in [2.24, 2.45) is 17.8 Å². The van der Waals surface area contributed by atoms with E-state index in [-0.39, 0.29) is 11.8 Å². The molecule has 0 bridgehead atoms. The fourth-order valence-corrected chi connectivity index (χ4v) is 2.16. The maximum Gasteiger partial charge on any atom is 0.307 e. The molecule has 5 nitrogen and oxygen atoms in total. The minimum Gasteiger partial charge on any atom is -0.481 e. The van der Waals surface area contributed by atoms with Gasteiger partial charge < -0.3 is 15.2 Å². The Morgan fingerprint density at radius 2 is 1.89 bits per heavy atom. The zero-order chi connectivity index (χ0) is 13.0. The van der Waals surface area contributed by atoms with Crippen molar-refractivity contribution in [3.8, 4) is 0 Å². The predicted molar refractivity (Wildman–Crippen MR) is 65.0 cm³/mol. The summed E-state index contributed by atoms with van der Waals surface area (Å²) in [6.45, 7) is 2.09. The highest BCUT2D eigenvalue weighted by Gasteiger charge is 2.41. The van der Waals surface area contributed by atoms with Crippen LogP contribution in [0.25, 0.3) is 0 Å². The van der Waals surface area contributed by atoms with Gasteiger partial charge in [-0.2, -0.15) is 0 Å². The van der Waals surface area contributed by atoms with Crippen molar-refractivity contribution in [3.63, 3.8) is 0 Å². The molecule has 0 radical (unpaired) electrons. The highest BCUT2D eigenvalue weighted by molar-refractivity contribution is 5.86. The molecular weight excluding hydrogens is 234 g/mol. The van der Waals surface area contributed by atoms with Crippen molar-refractivity contribution in [2.75, 3.05) is 19.8 Å². The number of amides is 1. The van der Waals surface area contributed by atoms with Crippen molar-refractivity contribution in [1.82, 2.24) is 5.32 Å². The van der Waals surface area contributed by atoms with Crippen molar-refractivity contribution in [3.05, 3.63) is 0 Å². The van der Waals surface area contributed by atoms with Crippen LogP contribution in [-0.2, 0) is 14.3 Å². The molecule has 2 N–H and O–H groups in total. The van der Waals surface area contributed by atoms with Gasteiger partial charge in [0.15, 0.2) is 0 Å². The van der Waals surface area contributed by atoms with Crippen LogP contribution in [0.2, 0.25) is 0 Å². The van der Waals surface area contributed by atoms with E-state index >= 15 is 0 Å². The van der Waals surface area contributed by atoms with Crippen LogP contribution in [-0.4, -0.2) is 36.7 Å². The summed E-state index contributed by atoms with van der Waals surface area (Å²) < 4.78 is 5.45. The van der Waals surface area contributed by atoms with Crippen molar-refractivity contribution >= 4 is 11.9 Å². The Bertz CT molecular complexity index is 314. The largest absolute Gasteiger partial charge is 0.481 e. The second kappa shape index (κ2) is 6.18. The molecule has 2 aliphatic carbocycles. The Balaban J connectivity index is 1.50. The third-order valence-corrected chi connectivity index (χ3v) is 3.74. The molecule has 0 spiro atoms. The number of carboxylic acids is 1. The van der Waals surface area contributed by atoms with Crippen LogP contribution < -0.4 is 5.32 Å². The summed E-state index contributed by atoms with van der Waals surface area (Å²) in [5.41, 5.74) is 0. The zero-order valence-electron chi connectivity index (χ0n) is 10.6. The number of rotatable bonds is 8. The van der Waals surface area contributed by atoms with Gasteiger partial charge in [0.2, 0.25) is 5.91 Å². The maximum atomic E-state index is 11.7. The number of carboxylic acid groups (broad SMARTS) is 1. The molecule has 0 saturated heterocycles. The van der Waals surface area contributed by atoms with Gasteiger partial charge in [-0.15, -0.1) is 0 Å². The van der Waals surface area contributed by atoms with Crippen LogP contribution in [0.5, 0.6) is 0 Å². The fraction of sp³-hybridized carbons (Fsp3) is 0.846. The molecule has 2 saturated carbocycles. The van der Waals surface area contributed by atoms with Gasteiger partial charge in [-0.05, 0) is 38.0 Å². The van der Waals surface area contributed by atoms with Crippen molar-refractivity contribution in [2.45, 2.75) is 32.1 Å². The van der Waals surface area contributed by atoms with Gasteiger partial charge >= 0.3 is 5.97 Å². The number of carbonyl (C=O) groups is 2. The van der Waals surface area contributed by atoms with Crippen LogP contribution in [0.15, 0.2) is 0 Å². The van der Waals surface area contributed by atoms with Crippen molar-refractivity contribution in [1.29, 1.82) is 0 Å². The summed E-state index contributed by atoms with van der Waals surface area (Å²) >= 11 is 0. The summed E-state index contributed by atoms with van der Waals surface area (Å²) in [5, 5.41) is 11.6. The average Bonchev–Trinajstić information content (AvgIpc) is 3.04. The third-order valence-electron chi connectivity index (χ3n) is 3.74. The molecule has 2 atom stereocenters. The van der Waals surface area contributed by atoms with Gasteiger partial charge in [-0.25, -0.2) is 0 Å². The van der Waals surface area contributed by atoms with Crippen LogP contribution in [0.3, 0.4) is 0 Å². The molecule has 0 heterocycles. The molecule has 2 fully saturated rings. The first-order valence-corrected chi connectivity index (χ1v) is 6.76.